The van der Waals surface area contributed by atoms with E-state index in [2.05, 4.69) is 12.0 Å². The van der Waals surface area contributed by atoms with E-state index in [1.165, 1.54) is 4.68 Å². The standard InChI is InChI=1S/C12H15N3OS/c1-2-3-6-15-12(16)9(13)8-10(14-15)11-5-4-7-17-11/h4-5,7-8H,2-3,6,13H2,1H3. The van der Waals surface area contributed by atoms with Gasteiger partial charge in [0.15, 0.2) is 0 Å². The quantitative estimate of drug-likeness (QED) is 0.904. The Bertz CT molecular complexity index is 545. The molecule has 0 atom stereocenters. The van der Waals surface area contributed by atoms with Crippen molar-refractivity contribution in [3.63, 3.8) is 0 Å². The zero-order valence-corrected chi connectivity index (χ0v) is 10.5. The fourth-order valence-electron chi connectivity index (χ4n) is 1.57. The molecule has 2 rings (SSSR count). The topological polar surface area (TPSA) is 60.9 Å². The lowest BCUT2D eigenvalue weighted by Crippen LogP contribution is -2.25. The minimum Gasteiger partial charge on any atom is -0.394 e. The van der Waals surface area contributed by atoms with Crippen molar-refractivity contribution in [2.75, 3.05) is 5.73 Å². The van der Waals surface area contributed by atoms with Gasteiger partial charge in [-0.25, -0.2) is 4.68 Å². The average molecular weight is 249 g/mol. The van der Waals surface area contributed by atoms with Crippen LogP contribution in [-0.4, -0.2) is 9.78 Å². The van der Waals surface area contributed by atoms with Crippen LogP contribution < -0.4 is 11.3 Å². The van der Waals surface area contributed by atoms with Gasteiger partial charge in [-0.15, -0.1) is 11.3 Å². The Morgan fingerprint density at radius 1 is 1.53 bits per heavy atom. The molecule has 0 aliphatic heterocycles. The number of aromatic nitrogens is 2. The highest BCUT2D eigenvalue weighted by Crippen LogP contribution is 2.22. The minimum absolute atomic E-state index is 0.196. The summed E-state index contributed by atoms with van der Waals surface area (Å²) in [6, 6.07) is 5.58. The van der Waals surface area contributed by atoms with Crippen LogP contribution in [0.2, 0.25) is 0 Å². The van der Waals surface area contributed by atoms with E-state index in [0.717, 1.165) is 23.4 Å². The molecule has 0 spiro atoms. The lowest BCUT2D eigenvalue weighted by Gasteiger charge is -2.07. The third kappa shape index (κ3) is 2.55. The van der Waals surface area contributed by atoms with E-state index in [1.54, 1.807) is 17.4 Å². The first-order valence-corrected chi connectivity index (χ1v) is 6.52. The van der Waals surface area contributed by atoms with Gasteiger partial charge in [-0.3, -0.25) is 4.79 Å². The van der Waals surface area contributed by atoms with E-state index in [1.807, 2.05) is 17.5 Å². The molecule has 2 aromatic rings. The number of hydrogen-bond acceptors (Lipinski definition) is 4. The van der Waals surface area contributed by atoms with Crippen LogP contribution in [0.25, 0.3) is 10.6 Å². The van der Waals surface area contributed by atoms with E-state index in [-0.39, 0.29) is 11.2 Å². The number of unbranched alkanes of at least 4 members (excludes halogenated alkanes) is 1. The molecule has 0 aromatic carbocycles. The molecule has 2 aromatic heterocycles. The summed E-state index contributed by atoms with van der Waals surface area (Å²) in [5, 5.41) is 6.33. The SMILES string of the molecule is CCCCn1nc(-c2cccs2)cc(N)c1=O. The van der Waals surface area contributed by atoms with Gasteiger partial charge in [0.05, 0.1) is 4.88 Å². The van der Waals surface area contributed by atoms with E-state index in [4.69, 9.17) is 5.73 Å². The van der Waals surface area contributed by atoms with Crippen LogP contribution in [0, 0.1) is 0 Å². The van der Waals surface area contributed by atoms with Crippen molar-refractivity contribution in [3.8, 4) is 10.6 Å². The Labute approximate surface area is 104 Å². The number of nitrogens with two attached hydrogens (primary N) is 1. The molecule has 0 fully saturated rings. The van der Waals surface area contributed by atoms with E-state index in [0.29, 0.717) is 6.54 Å². The largest absolute Gasteiger partial charge is 0.394 e. The average Bonchev–Trinajstić information content (AvgIpc) is 2.84. The van der Waals surface area contributed by atoms with Gasteiger partial charge in [-0.05, 0) is 23.9 Å². The van der Waals surface area contributed by atoms with Crippen molar-refractivity contribution >= 4 is 17.0 Å². The van der Waals surface area contributed by atoms with Gasteiger partial charge in [0.25, 0.3) is 5.56 Å². The third-order valence-electron chi connectivity index (χ3n) is 2.50. The number of aryl methyl sites for hydroxylation is 1. The van der Waals surface area contributed by atoms with Crippen LogP contribution in [0.3, 0.4) is 0 Å². The summed E-state index contributed by atoms with van der Waals surface area (Å²) in [7, 11) is 0. The number of rotatable bonds is 4. The van der Waals surface area contributed by atoms with Crippen molar-refractivity contribution in [2.45, 2.75) is 26.3 Å². The molecule has 0 amide bonds. The predicted molar refractivity (Wildman–Crippen MR) is 71.1 cm³/mol. The zero-order chi connectivity index (χ0) is 12.3. The maximum Gasteiger partial charge on any atom is 0.289 e. The molecule has 5 heteroatoms. The van der Waals surface area contributed by atoms with Gasteiger partial charge in [0.2, 0.25) is 0 Å². The highest BCUT2D eigenvalue weighted by Gasteiger charge is 2.07. The molecule has 17 heavy (non-hydrogen) atoms. The van der Waals surface area contributed by atoms with E-state index < -0.39 is 0 Å². The predicted octanol–water partition coefficient (Wildman–Crippen LogP) is 2.35. The van der Waals surface area contributed by atoms with Gasteiger partial charge < -0.3 is 5.73 Å². The fourth-order valence-corrected chi connectivity index (χ4v) is 2.25. The highest BCUT2D eigenvalue weighted by molar-refractivity contribution is 7.13. The van der Waals surface area contributed by atoms with Gasteiger partial charge in [0.1, 0.15) is 11.4 Å². The summed E-state index contributed by atoms with van der Waals surface area (Å²) in [5.74, 6) is 0. The molecule has 2 heterocycles. The number of nitrogen functional groups attached to an aromatic ring is 1. The van der Waals surface area contributed by atoms with E-state index in [9.17, 15) is 4.79 Å². The summed E-state index contributed by atoms with van der Waals surface area (Å²) in [6.07, 6.45) is 1.96. The second kappa shape index (κ2) is 5.14. The monoisotopic (exact) mass is 249 g/mol. The molecule has 4 nitrogen and oxygen atoms in total. The minimum atomic E-state index is -0.196. The van der Waals surface area contributed by atoms with Crippen LogP contribution in [0.4, 0.5) is 5.69 Å². The summed E-state index contributed by atoms with van der Waals surface area (Å²) in [4.78, 5) is 12.8. The summed E-state index contributed by atoms with van der Waals surface area (Å²) >= 11 is 1.59. The molecule has 0 aliphatic rings. The molecule has 2 N–H and O–H groups in total. The first-order chi connectivity index (χ1) is 8.22. The van der Waals surface area contributed by atoms with Gasteiger partial charge in [-0.1, -0.05) is 19.4 Å². The molecule has 0 saturated carbocycles. The lowest BCUT2D eigenvalue weighted by molar-refractivity contribution is 0.547. The third-order valence-corrected chi connectivity index (χ3v) is 3.39. The van der Waals surface area contributed by atoms with Crippen LogP contribution in [0.15, 0.2) is 28.4 Å². The second-order valence-corrected chi connectivity index (χ2v) is 4.79. The molecule has 0 bridgehead atoms. The molecule has 0 aliphatic carbocycles. The Morgan fingerprint density at radius 2 is 2.35 bits per heavy atom. The highest BCUT2D eigenvalue weighted by atomic mass is 32.1. The molecule has 0 saturated heterocycles. The maximum absolute atomic E-state index is 11.8. The molecular weight excluding hydrogens is 234 g/mol. The Morgan fingerprint density at radius 3 is 3.00 bits per heavy atom. The van der Waals surface area contributed by atoms with Crippen LogP contribution >= 0.6 is 11.3 Å². The fraction of sp³-hybridized carbons (Fsp3) is 0.333. The number of nitrogens with zero attached hydrogens (tertiary/aromatic N) is 2. The summed E-state index contributed by atoms with van der Waals surface area (Å²) in [6.45, 7) is 2.70. The Hall–Kier alpha value is -1.62. The Balaban J connectivity index is 2.42. The normalized spacial score (nSPS) is 10.6. The molecular formula is C12H15N3OS. The lowest BCUT2D eigenvalue weighted by atomic mass is 10.3. The van der Waals surface area contributed by atoms with Gasteiger partial charge >= 0.3 is 0 Å². The van der Waals surface area contributed by atoms with Crippen molar-refractivity contribution < 1.29 is 0 Å². The Kier molecular flexibility index (Phi) is 3.58. The van der Waals surface area contributed by atoms with Crippen molar-refractivity contribution in [1.82, 2.24) is 9.78 Å². The van der Waals surface area contributed by atoms with Gasteiger partial charge in [-0.2, -0.15) is 5.10 Å². The zero-order valence-electron chi connectivity index (χ0n) is 9.72. The number of hydrogen-bond donors (Lipinski definition) is 1. The first-order valence-electron chi connectivity index (χ1n) is 5.64. The summed E-state index contributed by atoms with van der Waals surface area (Å²) < 4.78 is 1.47. The van der Waals surface area contributed by atoms with Crippen LogP contribution in [0.1, 0.15) is 19.8 Å². The van der Waals surface area contributed by atoms with Crippen molar-refractivity contribution in [3.05, 3.63) is 33.9 Å². The number of thiophene rings is 1. The van der Waals surface area contributed by atoms with Crippen molar-refractivity contribution in [2.24, 2.45) is 0 Å². The summed E-state index contributed by atoms with van der Waals surface area (Å²) in [5.41, 5.74) is 6.57. The van der Waals surface area contributed by atoms with Crippen LogP contribution in [-0.2, 0) is 6.54 Å². The maximum atomic E-state index is 11.8. The number of anilines is 1. The van der Waals surface area contributed by atoms with Gasteiger partial charge in [0, 0.05) is 6.54 Å². The van der Waals surface area contributed by atoms with Crippen molar-refractivity contribution in [1.29, 1.82) is 0 Å². The van der Waals surface area contributed by atoms with Crippen LogP contribution in [0.5, 0.6) is 0 Å². The molecule has 0 unspecified atom stereocenters. The first kappa shape index (κ1) is 11.9. The smallest absolute Gasteiger partial charge is 0.289 e. The molecule has 90 valence electrons. The molecule has 0 radical (unpaired) electrons. The second-order valence-electron chi connectivity index (χ2n) is 3.84. The van der Waals surface area contributed by atoms with E-state index >= 15 is 0 Å².